The summed E-state index contributed by atoms with van der Waals surface area (Å²) in [7, 11) is -4.13. The second-order valence-corrected chi connectivity index (χ2v) is 8.31. The van der Waals surface area contributed by atoms with Crippen LogP contribution in [0.2, 0.25) is 0 Å². The Balaban J connectivity index is 1.73. The quantitative estimate of drug-likeness (QED) is 0.199. The zero-order chi connectivity index (χ0) is 23.0. The molecule has 32 heavy (non-hydrogen) atoms. The monoisotopic (exact) mass is 456 g/mol. The summed E-state index contributed by atoms with van der Waals surface area (Å²) in [6, 6.07) is 21.4. The molecule has 0 aliphatic carbocycles. The zero-order valence-corrected chi connectivity index (χ0v) is 18.0. The molecule has 166 valence electrons. The second kappa shape index (κ2) is 10.6. The average Bonchev–Trinajstić information content (AvgIpc) is 2.79. The maximum Gasteiger partial charge on any atom is 0.513 e. The Bertz CT molecular complexity index is 1090. The average molecular weight is 456 g/mol. The second-order valence-electron chi connectivity index (χ2n) is 6.69. The number of esters is 1. The van der Waals surface area contributed by atoms with Gasteiger partial charge in [-0.2, -0.15) is 5.09 Å². The summed E-state index contributed by atoms with van der Waals surface area (Å²) in [6.45, 7) is 1.52. The van der Waals surface area contributed by atoms with Crippen LogP contribution < -0.4 is 14.1 Å². The molecular formula is C22H21N2O7P. The fourth-order valence-corrected chi connectivity index (χ4v) is 4.12. The van der Waals surface area contributed by atoms with E-state index in [9.17, 15) is 19.5 Å². The van der Waals surface area contributed by atoms with Crippen LogP contribution in [-0.4, -0.2) is 16.9 Å². The van der Waals surface area contributed by atoms with Crippen molar-refractivity contribution in [2.75, 3.05) is 0 Å². The third-order valence-corrected chi connectivity index (χ3v) is 5.78. The van der Waals surface area contributed by atoms with Crippen molar-refractivity contribution in [2.45, 2.75) is 19.6 Å². The molecule has 1 unspecified atom stereocenters. The van der Waals surface area contributed by atoms with Crippen LogP contribution >= 0.6 is 7.75 Å². The Labute approximate surface area is 184 Å². The Kier molecular flexibility index (Phi) is 7.59. The number of benzene rings is 3. The Morgan fingerprint density at radius 2 is 1.47 bits per heavy atom. The van der Waals surface area contributed by atoms with Crippen molar-refractivity contribution in [1.82, 2.24) is 5.09 Å². The van der Waals surface area contributed by atoms with Crippen molar-refractivity contribution in [2.24, 2.45) is 0 Å². The molecule has 9 nitrogen and oxygen atoms in total. The standard InChI is InChI=1S/C22H21N2O7P/c1-17(22(25)29-16-18-8-4-2-5-9-18)23-32(28,30-20-10-6-3-7-11-20)31-21-14-12-19(13-15-21)24(26)27/h2-15,17H,16H2,1H3,(H,23,28)/t17-,32?/m1/s1. The molecule has 3 rings (SSSR count). The largest absolute Gasteiger partial charge is 0.513 e. The SMILES string of the molecule is C[C@@H](NP(=O)(Oc1ccccc1)Oc1ccc([N+](=O)[O-])cc1)C(=O)OCc1ccccc1. The van der Waals surface area contributed by atoms with Crippen molar-refractivity contribution < 1.29 is 28.1 Å². The lowest BCUT2D eigenvalue weighted by Gasteiger charge is -2.23. The minimum Gasteiger partial charge on any atom is -0.460 e. The third-order valence-electron chi connectivity index (χ3n) is 4.17. The van der Waals surface area contributed by atoms with Crippen LogP contribution in [0.5, 0.6) is 11.5 Å². The summed E-state index contributed by atoms with van der Waals surface area (Å²) >= 11 is 0. The Morgan fingerprint density at radius 1 is 0.938 bits per heavy atom. The van der Waals surface area contributed by atoms with Crippen LogP contribution in [0.1, 0.15) is 12.5 Å². The first-order valence-electron chi connectivity index (χ1n) is 9.62. The number of hydrogen-bond donors (Lipinski definition) is 1. The number of nitro groups is 1. The molecule has 10 heteroatoms. The molecule has 0 saturated carbocycles. The molecule has 3 aromatic rings. The van der Waals surface area contributed by atoms with E-state index in [2.05, 4.69) is 5.09 Å². The van der Waals surface area contributed by atoms with E-state index in [0.717, 1.165) is 5.56 Å². The number of carbonyl (C=O) groups excluding carboxylic acids is 1. The number of hydrogen-bond acceptors (Lipinski definition) is 7. The number of non-ortho nitro benzene ring substituents is 1. The fraction of sp³-hybridized carbons (Fsp3) is 0.136. The highest BCUT2D eigenvalue weighted by Gasteiger charge is 2.34. The maximum atomic E-state index is 13.5. The minimum absolute atomic E-state index is 0.0543. The number of para-hydroxylation sites is 1. The summed E-state index contributed by atoms with van der Waals surface area (Å²) in [5.74, 6) is -0.347. The van der Waals surface area contributed by atoms with E-state index in [4.69, 9.17) is 13.8 Å². The first-order chi connectivity index (χ1) is 15.3. The molecule has 0 fully saturated rings. The van der Waals surface area contributed by atoms with Gasteiger partial charge in [0.1, 0.15) is 24.1 Å². The van der Waals surface area contributed by atoms with Crippen molar-refractivity contribution >= 4 is 19.4 Å². The number of nitrogens with zero attached hydrogens (tertiary/aromatic N) is 1. The first kappa shape index (κ1) is 23.0. The number of carbonyl (C=O) groups is 1. The van der Waals surface area contributed by atoms with Crippen molar-refractivity contribution in [3.8, 4) is 11.5 Å². The van der Waals surface area contributed by atoms with E-state index < -0.39 is 24.7 Å². The molecule has 0 spiro atoms. The minimum atomic E-state index is -4.13. The first-order valence-corrected chi connectivity index (χ1v) is 11.2. The van der Waals surface area contributed by atoms with Crippen LogP contribution in [0.15, 0.2) is 84.9 Å². The summed E-state index contributed by atoms with van der Waals surface area (Å²) in [5.41, 5.74) is 0.654. The summed E-state index contributed by atoms with van der Waals surface area (Å²) in [4.78, 5) is 22.7. The van der Waals surface area contributed by atoms with Gasteiger partial charge in [-0.25, -0.2) is 4.57 Å². The third kappa shape index (κ3) is 6.66. The molecule has 1 N–H and O–H groups in total. The van der Waals surface area contributed by atoms with Gasteiger partial charge in [0.25, 0.3) is 5.69 Å². The van der Waals surface area contributed by atoms with Gasteiger partial charge in [0.15, 0.2) is 0 Å². The van der Waals surface area contributed by atoms with E-state index in [1.807, 2.05) is 30.3 Å². The molecule has 0 bridgehead atoms. The van der Waals surface area contributed by atoms with Crippen molar-refractivity contribution in [1.29, 1.82) is 0 Å². The van der Waals surface area contributed by atoms with Gasteiger partial charge in [-0.1, -0.05) is 48.5 Å². The number of nitrogens with one attached hydrogen (secondary N) is 1. The normalized spacial score (nSPS) is 13.4. The maximum absolute atomic E-state index is 13.5. The van der Waals surface area contributed by atoms with E-state index in [1.165, 1.54) is 31.2 Å². The van der Waals surface area contributed by atoms with Gasteiger partial charge in [0.2, 0.25) is 0 Å². The topological polar surface area (TPSA) is 117 Å². The molecule has 0 radical (unpaired) electrons. The van der Waals surface area contributed by atoms with Gasteiger partial charge in [-0.15, -0.1) is 0 Å². The summed E-state index contributed by atoms with van der Waals surface area (Å²) in [5, 5.41) is 13.4. The number of rotatable bonds is 10. The molecule has 0 saturated heterocycles. The van der Waals surface area contributed by atoms with E-state index in [-0.39, 0.29) is 23.8 Å². The molecule has 0 amide bonds. The van der Waals surface area contributed by atoms with E-state index >= 15 is 0 Å². The van der Waals surface area contributed by atoms with Crippen LogP contribution in [0.25, 0.3) is 0 Å². The van der Waals surface area contributed by atoms with Crippen LogP contribution in [0.4, 0.5) is 5.69 Å². The lowest BCUT2D eigenvalue weighted by Crippen LogP contribution is -2.35. The molecule has 2 atom stereocenters. The number of nitro benzene ring substituents is 1. The molecule has 0 heterocycles. The highest BCUT2D eigenvalue weighted by molar-refractivity contribution is 7.52. The van der Waals surface area contributed by atoms with E-state index in [1.54, 1.807) is 30.3 Å². The van der Waals surface area contributed by atoms with Gasteiger partial charge >= 0.3 is 13.7 Å². The molecule has 0 aliphatic heterocycles. The predicted molar refractivity (Wildman–Crippen MR) is 117 cm³/mol. The van der Waals surface area contributed by atoms with Crippen molar-refractivity contribution in [3.05, 3.63) is 101 Å². The molecule has 0 aromatic heterocycles. The van der Waals surface area contributed by atoms with Crippen LogP contribution in [-0.2, 0) is 20.7 Å². The highest BCUT2D eigenvalue weighted by atomic mass is 31.2. The zero-order valence-electron chi connectivity index (χ0n) is 17.1. The Hall–Kier alpha value is -3.68. The molecule has 3 aromatic carbocycles. The van der Waals surface area contributed by atoms with Gasteiger partial charge in [0, 0.05) is 12.1 Å². The van der Waals surface area contributed by atoms with Gasteiger partial charge in [-0.3, -0.25) is 14.9 Å². The highest BCUT2D eigenvalue weighted by Crippen LogP contribution is 2.45. The molecular weight excluding hydrogens is 435 g/mol. The lowest BCUT2D eigenvalue weighted by molar-refractivity contribution is -0.384. The number of ether oxygens (including phenoxy) is 1. The summed E-state index contributed by atoms with van der Waals surface area (Å²) in [6.07, 6.45) is 0. The molecule has 0 aliphatic rings. The van der Waals surface area contributed by atoms with Crippen LogP contribution in [0.3, 0.4) is 0 Å². The fourth-order valence-electron chi connectivity index (χ4n) is 2.60. The smallest absolute Gasteiger partial charge is 0.460 e. The van der Waals surface area contributed by atoms with Crippen molar-refractivity contribution in [3.63, 3.8) is 0 Å². The van der Waals surface area contributed by atoms with Crippen LogP contribution in [0, 0.1) is 10.1 Å². The van der Waals surface area contributed by atoms with Gasteiger partial charge in [0.05, 0.1) is 4.92 Å². The Morgan fingerprint density at radius 3 is 2.03 bits per heavy atom. The summed E-state index contributed by atoms with van der Waals surface area (Å²) < 4.78 is 29.8. The van der Waals surface area contributed by atoms with Gasteiger partial charge < -0.3 is 13.8 Å². The van der Waals surface area contributed by atoms with Gasteiger partial charge in [-0.05, 0) is 36.8 Å². The lowest BCUT2D eigenvalue weighted by atomic mass is 10.2. The predicted octanol–water partition coefficient (Wildman–Crippen LogP) is 4.88. The van der Waals surface area contributed by atoms with E-state index in [0.29, 0.717) is 0 Å².